The lowest BCUT2D eigenvalue weighted by atomic mass is 10.0. The van der Waals surface area contributed by atoms with E-state index in [9.17, 15) is 0 Å². The molecule has 0 aliphatic heterocycles. The van der Waals surface area contributed by atoms with Crippen molar-refractivity contribution in [2.75, 3.05) is 0 Å². The van der Waals surface area contributed by atoms with Crippen molar-refractivity contribution in [3.63, 3.8) is 0 Å². The molecule has 0 aliphatic carbocycles. The van der Waals surface area contributed by atoms with Crippen molar-refractivity contribution in [3.05, 3.63) is 170 Å². The molecule has 3 aromatic heterocycles. The molecule has 0 atom stereocenters. The van der Waals surface area contributed by atoms with E-state index in [1.807, 2.05) is 36.4 Å². The smallest absolute Gasteiger partial charge is 0.164 e. The van der Waals surface area contributed by atoms with Crippen molar-refractivity contribution in [1.82, 2.24) is 24.5 Å². The first-order chi connectivity index (χ1) is 24.8. The predicted molar refractivity (Wildman–Crippen MR) is 205 cm³/mol. The second kappa shape index (κ2) is 11.4. The van der Waals surface area contributed by atoms with Crippen LogP contribution in [0.15, 0.2) is 170 Å². The van der Waals surface area contributed by atoms with Gasteiger partial charge in [0.1, 0.15) is 0 Å². The first-order valence-electron chi connectivity index (χ1n) is 16.8. The van der Waals surface area contributed by atoms with Crippen molar-refractivity contribution in [2.24, 2.45) is 0 Å². The highest BCUT2D eigenvalue weighted by Gasteiger charge is 2.18. The van der Waals surface area contributed by atoms with Gasteiger partial charge in [-0.15, -0.1) is 0 Å². The molecule has 7 aromatic carbocycles. The third kappa shape index (κ3) is 4.60. The summed E-state index contributed by atoms with van der Waals surface area (Å²) >= 11 is 0. The summed E-state index contributed by atoms with van der Waals surface area (Å²) in [5.41, 5.74) is 10.8. The second-order valence-electron chi connectivity index (χ2n) is 12.6. The summed E-state index contributed by atoms with van der Waals surface area (Å²) in [6.07, 6.45) is 0. The fraction of sp³-hybridized carbons (Fsp3) is 0. The van der Waals surface area contributed by atoms with Crippen molar-refractivity contribution < 1.29 is 0 Å². The molecule has 5 nitrogen and oxygen atoms in total. The summed E-state index contributed by atoms with van der Waals surface area (Å²) in [6, 6.07) is 59.2. The Morgan fingerprint density at radius 3 is 1.54 bits per heavy atom. The van der Waals surface area contributed by atoms with Crippen LogP contribution in [0, 0.1) is 0 Å². The molecule has 0 saturated heterocycles. The maximum atomic E-state index is 5.03. The molecule has 0 fully saturated rings. The molecule has 0 spiro atoms. The molecule has 5 heteroatoms. The average Bonchev–Trinajstić information content (AvgIpc) is 3.74. The number of nitrogens with one attached hydrogen (secondary N) is 1. The SMILES string of the molecule is c1ccc(-c2ccc(-c3nc(-c4ccccc4)nc(-c4ccc(-n5c6ccccc6c6ccc7[nH]c8ccccc8c7c65)cc4)n3)cc2)cc1. The summed E-state index contributed by atoms with van der Waals surface area (Å²) in [4.78, 5) is 18.6. The molecule has 10 aromatic rings. The van der Waals surface area contributed by atoms with Crippen LogP contribution in [0.4, 0.5) is 0 Å². The van der Waals surface area contributed by atoms with Gasteiger partial charge in [-0.3, -0.25) is 0 Å². The van der Waals surface area contributed by atoms with Crippen LogP contribution in [0.5, 0.6) is 0 Å². The zero-order chi connectivity index (χ0) is 33.0. The number of aromatic amines is 1. The number of hydrogen-bond acceptors (Lipinski definition) is 3. The highest BCUT2D eigenvalue weighted by Crippen LogP contribution is 2.40. The Hall–Kier alpha value is -6.85. The van der Waals surface area contributed by atoms with Crippen LogP contribution in [0.1, 0.15) is 0 Å². The highest BCUT2D eigenvalue weighted by atomic mass is 15.0. The first-order valence-corrected chi connectivity index (χ1v) is 16.8. The fourth-order valence-electron chi connectivity index (χ4n) is 7.21. The third-order valence-electron chi connectivity index (χ3n) is 9.60. The normalized spacial score (nSPS) is 11.6. The van der Waals surface area contributed by atoms with E-state index >= 15 is 0 Å². The largest absolute Gasteiger partial charge is 0.354 e. The lowest BCUT2D eigenvalue weighted by Crippen LogP contribution is -2.00. The minimum absolute atomic E-state index is 0.633. The van der Waals surface area contributed by atoms with E-state index in [1.165, 1.54) is 38.1 Å². The van der Waals surface area contributed by atoms with E-state index in [0.29, 0.717) is 17.5 Å². The van der Waals surface area contributed by atoms with Crippen molar-refractivity contribution in [3.8, 4) is 51.0 Å². The van der Waals surface area contributed by atoms with Gasteiger partial charge in [0, 0.05) is 55.0 Å². The van der Waals surface area contributed by atoms with Crippen LogP contribution in [0.25, 0.3) is 94.6 Å². The lowest BCUT2D eigenvalue weighted by molar-refractivity contribution is 1.07. The first kappa shape index (κ1) is 28.2. The van der Waals surface area contributed by atoms with Crippen LogP contribution in [0.2, 0.25) is 0 Å². The van der Waals surface area contributed by atoms with Crippen LogP contribution >= 0.6 is 0 Å². The molecule has 0 saturated carbocycles. The minimum atomic E-state index is 0.633. The molecule has 0 aliphatic rings. The van der Waals surface area contributed by atoms with Crippen LogP contribution < -0.4 is 0 Å². The van der Waals surface area contributed by atoms with E-state index in [0.717, 1.165) is 39.0 Å². The zero-order valence-electron chi connectivity index (χ0n) is 27.0. The van der Waals surface area contributed by atoms with E-state index < -0.39 is 0 Å². The van der Waals surface area contributed by atoms with E-state index in [-0.39, 0.29) is 0 Å². The molecular weight excluding hydrogens is 611 g/mol. The van der Waals surface area contributed by atoms with Crippen molar-refractivity contribution >= 4 is 43.6 Å². The molecular formula is C45H29N5. The number of nitrogens with zero attached hydrogens (tertiary/aromatic N) is 4. The number of H-pyrrole nitrogens is 1. The summed E-state index contributed by atoms with van der Waals surface area (Å²) in [6.45, 7) is 0. The van der Waals surface area contributed by atoms with Gasteiger partial charge in [-0.25, -0.2) is 15.0 Å². The Bertz CT molecular complexity index is 2830. The molecule has 3 heterocycles. The topological polar surface area (TPSA) is 59.4 Å². The quantitative estimate of drug-likeness (QED) is 0.204. The number of aromatic nitrogens is 5. The lowest BCUT2D eigenvalue weighted by Gasteiger charge is -2.11. The molecule has 0 radical (unpaired) electrons. The summed E-state index contributed by atoms with van der Waals surface area (Å²) in [7, 11) is 0. The predicted octanol–water partition coefficient (Wildman–Crippen LogP) is 11.3. The van der Waals surface area contributed by atoms with Gasteiger partial charge in [0.15, 0.2) is 17.5 Å². The molecule has 10 rings (SSSR count). The monoisotopic (exact) mass is 639 g/mol. The van der Waals surface area contributed by atoms with E-state index in [1.54, 1.807) is 0 Å². The van der Waals surface area contributed by atoms with E-state index in [2.05, 4.69) is 143 Å². The summed E-state index contributed by atoms with van der Waals surface area (Å²) in [5.74, 6) is 1.92. The van der Waals surface area contributed by atoms with Gasteiger partial charge >= 0.3 is 0 Å². The van der Waals surface area contributed by atoms with Crippen LogP contribution in [-0.2, 0) is 0 Å². The number of para-hydroxylation sites is 2. The summed E-state index contributed by atoms with van der Waals surface area (Å²) < 4.78 is 2.39. The van der Waals surface area contributed by atoms with Gasteiger partial charge in [0.25, 0.3) is 0 Å². The third-order valence-corrected chi connectivity index (χ3v) is 9.60. The van der Waals surface area contributed by atoms with Gasteiger partial charge in [-0.2, -0.15) is 0 Å². The Morgan fingerprint density at radius 1 is 0.360 bits per heavy atom. The average molecular weight is 640 g/mol. The molecule has 0 unspecified atom stereocenters. The molecule has 1 N–H and O–H groups in total. The number of benzene rings is 7. The molecule has 234 valence electrons. The Labute approximate surface area is 288 Å². The Morgan fingerprint density at radius 2 is 0.860 bits per heavy atom. The molecule has 0 bridgehead atoms. The number of fused-ring (bicyclic) bond motifs is 7. The van der Waals surface area contributed by atoms with Gasteiger partial charge < -0.3 is 9.55 Å². The van der Waals surface area contributed by atoms with Gasteiger partial charge in [0.05, 0.1) is 11.0 Å². The number of hydrogen-bond donors (Lipinski definition) is 1. The van der Waals surface area contributed by atoms with Gasteiger partial charge in [0.2, 0.25) is 0 Å². The van der Waals surface area contributed by atoms with Gasteiger partial charge in [-0.1, -0.05) is 127 Å². The Kier molecular flexibility index (Phi) is 6.42. The van der Waals surface area contributed by atoms with Gasteiger partial charge in [-0.05, 0) is 53.6 Å². The number of rotatable bonds is 5. The standard InChI is InChI=1S/C45H29N5/c1-3-11-29(12-4-1)30-19-21-32(22-20-30)44-47-43(31-13-5-2-6-14-31)48-45(49-44)33-23-25-34(26-24-33)50-40-18-10-8-15-35(40)36-27-28-39-41(42(36)50)37-16-7-9-17-38(37)46-39/h1-28,46H. The molecule has 0 amide bonds. The second-order valence-corrected chi connectivity index (χ2v) is 12.6. The highest BCUT2D eigenvalue weighted by molar-refractivity contribution is 6.25. The van der Waals surface area contributed by atoms with Crippen LogP contribution in [0.3, 0.4) is 0 Å². The minimum Gasteiger partial charge on any atom is -0.354 e. The Balaban J connectivity index is 1.12. The maximum Gasteiger partial charge on any atom is 0.164 e. The van der Waals surface area contributed by atoms with Crippen molar-refractivity contribution in [1.29, 1.82) is 0 Å². The zero-order valence-corrected chi connectivity index (χ0v) is 27.0. The fourth-order valence-corrected chi connectivity index (χ4v) is 7.21. The van der Waals surface area contributed by atoms with Crippen molar-refractivity contribution in [2.45, 2.75) is 0 Å². The maximum absolute atomic E-state index is 5.03. The summed E-state index contributed by atoms with van der Waals surface area (Å²) in [5, 5.41) is 4.91. The van der Waals surface area contributed by atoms with E-state index in [4.69, 9.17) is 15.0 Å². The van der Waals surface area contributed by atoms with Crippen LogP contribution in [-0.4, -0.2) is 24.5 Å². The molecule has 50 heavy (non-hydrogen) atoms.